The number of nitrogens with zero attached hydrogens (tertiary/aromatic N) is 1. The largest absolute Gasteiger partial charge is 0.362 e. The van der Waals surface area contributed by atoms with E-state index in [0.717, 1.165) is 42.6 Å². The molecular formula is C26H26ClN5OS. The van der Waals surface area contributed by atoms with Crippen LogP contribution in [-0.4, -0.2) is 34.1 Å². The molecule has 1 amide bonds. The molecule has 0 saturated heterocycles. The van der Waals surface area contributed by atoms with Gasteiger partial charge in [-0.1, -0.05) is 29.8 Å². The number of hydrogen-bond acceptors (Lipinski definition) is 3. The summed E-state index contributed by atoms with van der Waals surface area (Å²) >= 11 is 11.7. The van der Waals surface area contributed by atoms with Gasteiger partial charge in [-0.2, -0.15) is 0 Å². The van der Waals surface area contributed by atoms with E-state index in [2.05, 4.69) is 38.1 Å². The summed E-state index contributed by atoms with van der Waals surface area (Å²) in [4.78, 5) is 19.4. The standard InChI is InChI=1S/C26H26ClN5OS/c27-21-9-10-23(18(15-21)5-4-13-29-25(33)20-6-3-12-28-16-20)32-26(34)30-14-11-19-17-31-24-8-2-1-7-22(19)24/h1-3,6-10,12,15-17,31H,4-5,11,13-14H2,(H,29,33)(H2,30,32,34). The van der Waals surface area contributed by atoms with E-state index < -0.39 is 0 Å². The van der Waals surface area contributed by atoms with E-state index in [4.69, 9.17) is 23.8 Å². The number of para-hydroxylation sites is 1. The third-order valence-electron chi connectivity index (χ3n) is 5.50. The predicted molar refractivity (Wildman–Crippen MR) is 143 cm³/mol. The molecule has 0 aliphatic rings. The van der Waals surface area contributed by atoms with Crippen LogP contribution < -0.4 is 16.0 Å². The Hall–Kier alpha value is -3.42. The van der Waals surface area contributed by atoms with Crippen molar-refractivity contribution in [2.24, 2.45) is 0 Å². The molecule has 2 aromatic carbocycles. The molecule has 6 nitrogen and oxygen atoms in total. The van der Waals surface area contributed by atoms with E-state index >= 15 is 0 Å². The molecule has 0 aliphatic carbocycles. The molecule has 2 heterocycles. The van der Waals surface area contributed by atoms with Crippen LogP contribution in [0.5, 0.6) is 0 Å². The Morgan fingerprint density at radius 2 is 1.88 bits per heavy atom. The van der Waals surface area contributed by atoms with Gasteiger partial charge in [0.25, 0.3) is 5.91 Å². The second kappa shape index (κ2) is 11.6. The number of fused-ring (bicyclic) bond motifs is 1. The van der Waals surface area contributed by atoms with Gasteiger partial charge in [-0.15, -0.1) is 0 Å². The van der Waals surface area contributed by atoms with Crippen molar-refractivity contribution in [3.05, 3.63) is 94.9 Å². The van der Waals surface area contributed by atoms with Gasteiger partial charge in [0.15, 0.2) is 5.11 Å². The number of amides is 1. The topological polar surface area (TPSA) is 81.8 Å². The van der Waals surface area contributed by atoms with Crippen LogP contribution in [0.1, 0.15) is 27.9 Å². The number of benzene rings is 2. The molecule has 0 fully saturated rings. The molecule has 34 heavy (non-hydrogen) atoms. The highest BCUT2D eigenvalue weighted by molar-refractivity contribution is 7.80. The van der Waals surface area contributed by atoms with E-state index in [-0.39, 0.29) is 5.91 Å². The van der Waals surface area contributed by atoms with Gasteiger partial charge in [0, 0.05) is 53.3 Å². The first-order valence-electron chi connectivity index (χ1n) is 11.2. The SMILES string of the molecule is O=C(NCCCc1cc(Cl)ccc1NC(=S)NCCc1c[nH]c2ccccc12)c1cccnc1. The number of pyridine rings is 1. The molecule has 8 heteroatoms. The van der Waals surface area contributed by atoms with Crippen molar-refractivity contribution < 1.29 is 4.79 Å². The first-order valence-corrected chi connectivity index (χ1v) is 12.0. The van der Waals surface area contributed by atoms with Gasteiger partial charge in [0.05, 0.1) is 5.56 Å². The number of aryl methyl sites for hydroxylation is 1. The third-order valence-corrected chi connectivity index (χ3v) is 5.98. The minimum absolute atomic E-state index is 0.127. The number of carbonyl (C=O) groups excluding carboxylic acids is 1. The highest BCUT2D eigenvalue weighted by Crippen LogP contribution is 2.22. The molecule has 0 aliphatic heterocycles. The van der Waals surface area contributed by atoms with Crippen LogP contribution >= 0.6 is 23.8 Å². The fourth-order valence-corrected chi connectivity index (χ4v) is 4.19. The first kappa shape index (κ1) is 23.7. The zero-order valence-electron chi connectivity index (χ0n) is 18.6. The fourth-order valence-electron chi connectivity index (χ4n) is 3.79. The van der Waals surface area contributed by atoms with Gasteiger partial charge >= 0.3 is 0 Å². The summed E-state index contributed by atoms with van der Waals surface area (Å²) in [5, 5.41) is 12.0. The minimum atomic E-state index is -0.127. The molecule has 0 bridgehead atoms. The van der Waals surface area contributed by atoms with Crippen LogP contribution in [-0.2, 0) is 12.8 Å². The lowest BCUT2D eigenvalue weighted by molar-refractivity contribution is 0.0953. The van der Waals surface area contributed by atoms with Gasteiger partial charge in [-0.05, 0) is 79.0 Å². The molecule has 4 aromatic rings. The zero-order chi connectivity index (χ0) is 23.8. The van der Waals surface area contributed by atoms with E-state index in [1.165, 1.54) is 10.9 Å². The van der Waals surface area contributed by atoms with E-state index in [9.17, 15) is 4.79 Å². The Morgan fingerprint density at radius 1 is 1.00 bits per heavy atom. The van der Waals surface area contributed by atoms with Crippen molar-refractivity contribution in [3.8, 4) is 0 Å². The van der Waals surface area contributed by atoms with Gasteiger partial charge < -0.3 is 20.9 Å². The summed E-state index contributed by atoms with van der Waals surface area (Å²) in [6.45, 7) is 1.27. The summed E-state index contributed by atoms with van der Waals surface area (Å²) in [7, 11) is 0. The number of anilines is 1. The van der Waals surface area contributed by atoms with E-state index in [1.54, 1.807) is 24.5 Å². The maximum Gasteiger partial charge on any atom is 0.252 e. The van der Waals surface area contributed by atoms with Crippen molar-refractivity contribution in [2.45, 2.75) is 19.3 Å². The molecule has 4 rings (SSSR count). The number of thiocarbonyl (C=S) groups is 1. The van der Waals surface area contributed by atoms with Crippen LogP contribution in [0.15, 0.2) is 73.2 Å². The number of rotatable bonds is 9. The molecule has 4 N–H and O–H groups in total. The van der Waals surface area contributed by atoms with Crippen molar-refractivity contribution in [1.29, 1.82) is 0 Å². The smallest absolute Gasteiger partial charge is 0.252 e. The summed E-state index contributed by atoms with van der Waals surface area (Å²) in [6.07, 6.45) is 7.62. The minimum Gasteiger partial charge on any atom is -0.362 e. The summed E-state index contributed by atoms with van der Waals surface area (Å²) < 4.78 is 0. The quantitative estimate of drug-likeness (QED) is 0.193. The Balaban J connectivity index is 1.26. The zero-order valence-corrected chi connectivity index (χ0v) is 20.2. The van der Waals surface area contributed by atoms with Crippen LogP contribution in [0.4, 0.5) is 5.69 Å². The Labute approximate surface area is 209 Å². The number of hydrogen-bond donors (Lipinski definition) is 4. The van der Waals surface area contributed by atoms with E-state index in [0.29, 0.717) is 22.2 Å². The normalized spacial score (nSPS) is 10.7. The Kier molecular flexibility index (Phi) is 8.12. The van der Waals surface area contributed by atoms with Crippen molar-refractivity contribution in [1.82, 2.24) is 20.6 Å². The second-order valence-corrected chi connectivity index (χ2v) is 8.74. The van der Waals surface area contributed by atoms with Crippen LogP contribution in [0.25, 0.3) is 10.9 Å². The molecule has 0 unspecified atom stereocenters. The number of aromatic amines is 1. The van der Waals surface area contributed by atoms with Gasteiger partial charge in [-0.25, -0.2) is 0 Å². The van der Waals surface area contributed by atoms with Crippen LogP contribution in [0, 0.1) is 0 Å². The fraction of sp³-hybridized carbons (Fsp3) is 0.192. The molecule has 0 radical (unpaired) electrons. The molecule has 0 saturated carbocycles. The maximum atomic E-state index is 12.2. The highest BCUT2D eigenvalue weighted by atomic mass is 35.5. The molecular weight excluding hydrogens is 466 g/mol. The number of nitrogens with one attached hydrogen (secondary N) is 4. The highest BCUT2D eigenvalue weighted by Gasteiger charge is 2.08. The molecule has 0 spiro atoms. The van der Waals surface area contributed by atoms with Crippen molar-refractivity contribution in [3.63, 3.8) is 0 Å². The van der Waals surface area contributed by atoms with Gasteiger partial charge in [0.1, 0.15) is 0 Å². The maximum absolute atomic E-state index is 12.2. The number of aromatic nitrogens is 2. The lowest BCUT2D eigenvalue weighted by atomic mass is 10.1. The Morgan fingerprint density at radius 3 is 2.74 bits per heavy atom. The van der Waals surface area contributed by atoms with Crippen molar-refractivity contribution >= 4 is 51.4 Å². The van der Waals surface area contributed by atoms with Gasteiger partial charge in [-0.3, -0.25) is 9.78 Å². The number of carbonyl (C=O) groups is 1. The lowest BCUT2D eigenvalue weighted by Crippen LogP contribution is -2.30. The number of H-pyrrole nitrogens is 1. The van der Waals surface area contributed by atoms with Gasteiger partial charge in [0.2, 0.25) is 0 Å². The summed E-state index contributed by atoms with van der Waals surface area (Å²) in [5.41, 5.74) is 4.90. The molecule has 0 atom stereocenters. The predicted octanol–water partition coefficient (Wildman–Crippen LogP) is 5.11. The average Bonchev–Trinajstić information content (AvgIpc) is 3.27. The first-order chi connectivity index (χ1) is 16.6. The average molecular weight is 492 g/mol. The Bertz CT molecular complexity index is 1270. The third kappa shape index (κ3) is 6.34. The summed E-state index contributed by atoms with van der Waals surface area (Å²) in [5.74, 6) is -0.127. The molecule has 2 aromatic heterocycles. The second-order valence-electron chi connectivity index (χ2n) is 7.89. The van der Waals surface area contributed by atoms with E-state index in [1.807, 2.05) is 36.5 Å². The monoisotopic (exact) mass is 491 g/mol. The van der Waals surface area contributed by atoms with Crippen molar-refractivity contribution in [2.75, 3.05) is 18.4 Å². The number of halogens is 1. The molecule has 174 valence electrons. The summed E-state index contributed by atoms with van der Waals surface area (Å²) in [6, 6.07) is 17.5. The van der Waals surface area contributed by atoms with Crippen LogP contribution in [0.2, 0.25) is 5.02 Å². The van der Waals surface area contributed by atoms with Crippen LogP contribution in [0.3, 0.4) is 0 Å². The lowest BCUT2D eigenvalue weighted by Gasteiger charge is -2.15.